The zero-order valence-corrected chi connectivity index (χ0v) is 24.1. The first-order valence-electron chi connectivity index (χ1n) is 14.1. The lowest BCUT2D eigenvalue weighted by Gasteiger charge is -2.41. The number of fused-ring (bicyclic) bond motifs is 1. The number of carbonyl (C=O) groups excluding carboxylic acids is 2. The molecule has 232 valence electrons. The number of aromatic nitrogens is 3. The second-order valence-corrected chi connectivity index (χ2v) is 10.7. The average Bonchev–Trinajstić information content (AvgIpc) is 3.40. The zero-order valence-electron chi connectivity index (χ0n) is 24.1. The Labute approximate surface area is 251 Å². The van der Waals surface area contributed by atoms with Crippen molar-refractivity contribution in [3.05, 3.63) is 71.3 Å². The number of primary amides is 1. The van der Waals surface area contributed by atoms with Crippen molar-refractivity contribution in [1.82, 2.24) is 20.1 Å². The molecule has 4 aromatic rings. The zero-order chi connectivity index (χ0) is 31.6. The molecule has 1 fully saturated rings. The largest absolute Gasteiger partial charge is 0.494 e. The molecule has 2 aromatic heterocycles. The van der Waals surface area contributed by atoms with E-state index in [-0.39, 0.29) is 64.8 Å². The molecule has 44 heavy (non-hydrogen) atoms. The second kappa shape index (κ2) is 12.5. The van der Waals surface area contributed by atoms with Crippen molar-refractivity contribution in [2.45, 2.75) is 44.8 Å². The number of pyridine rings is 1. The number of amides is 2. The Morgan fingerprint density at radius 3 is 2.52 bits per heavy atom. The minimum absolute atomic E-state index is 0.111. The first kappa shape index (κ1) is 30.8. The maximum atomic E-state index is 13.8. The summed E-state index contributed by atoms with van der Waals surface area (Å²) in [5.41, 5.74) is 5.52. The minimum atomic E-state index is -2.87. The van der Waals surface area contributed by atoms with Crippen molar-refractivity contribution in [2.24, 2.45) is 11.7 Å². The number of methoxy groups -OCH3 is 1. The van der Waals surface area contributed by atoms with Crippen molar-refractivity contribution < 1.29 is 37.3 Å². The minimum Gasteiger partial charge on any atom is -0.494 e. The van der Waals surface area contributed by atoms with Crippen LogP contribution in [0.25, 0.3) is 22.2 Å². The van der Waals surface area contributed by atoms with Crippen molar-refractivity contribution in [3.8, 4) is 22.8 Å². The number of carbonyl (C=O) groups is 2. The van der Waals surface area contributed by atoms with Crippen LogP contribution in [0, 0.1) is 11.7 Å². The summed E-state index contributed by atoms with van der Waals surface area (Å²) in [7, 11) is 1.34. The predicted molar refractivity (Wildman–Crippen MR) is 155 cm³/mol. The van der Waals surface area contributed by atoms with Gasteiger partial charge in [-0.1, -0.05) is 6.42 Å². The van der Waals surface area contributed by atoms with Gasteiger partial charge in [0.1, 0.15) is 34.1 Å². The van der Waals surface area contributed by atoms with E-state index in [1.807, 2.05) is 0 Å². The molecule has 1 aliphatic rings. The number of nitrogens with zero attached hydrogens (tertiary/aromatic N) is 3. The van der Waals surface area contributed by atoms with Gasteiger partial charge >= 0.3 is 6.55 Å². The van der Waals surface area contributed by atoms with Crippen LogP contribution in [0.4, 0.5) is 13.2 Å². The van der Waals surface area contributed by atoms with E-state index in [1.165, 1.54) is 43.5 Å². The number of nitrogens with one attached hydrogen (secondary N) is 1. The Balaban J connectivity index is 1.54. The lowest BCUT2D eigenvalue weighted by molar-refractivity contribution is -0.117. The number of aliphatic hydroxyl groups is 1. The van der Waals surface area contributed by atoms with E-state index in [1.54, 1.807) is 13.0 Å². The van der Waals surface area contributed by atoms with Crippen LogP contribution in [0.2, 0.25) is 0 Å². The third kappa shape index (κ3) is 6.05. The summed E-state index contributed by atoms with van der Waals surface area (Å²) in [5, 5.41) is 19.1. The van der Waals surface area contributed by atoms with Gasteiger partial charge in [-0.05, 0) is 68.1 Å². The highest BCUT2D eigenvalue weighted by Crippen LogP contribution is 2.44. The van der Waals surface area contributed by atoms with Crippen LogP contribution in [0.15, 0.2) is 48.7 Å². The Hall–Kier alpha value is -4.65. The summed E-state index contributed by atoms with van der Waals surface area (Å²) in [6.45, 7) is -1.12. The Morgan fingerprint density at radius 2 is 1.93 bits per heavy atom. The fourth-order valence-electron chi connectivity index (χ4n) is 5.39. The van der Waals surface area contributed by atoms with Crippen LogP contribution in [-0.2, 0) is 16.8 Å². The van der Waals surface area contributed by atoms with Gasteiger partial charge in [0.25, 0.3) is 5.91 Å². The molecule has 0 spiro atoms. The van der Waals surface area contributed by atoms with Gasteiger partial charge in [-0.3, -0.25) is 9.59 Å². The number of alkyl halides is 2. The molecule has 13 heteroatoms. The van der Waals surface area contributed by atoms with Crippen molar-refractivity contribution in [3.63, 3.8) is 0 Å². The molecule has 1 atom stereocenters. The molecule has 5 rings (SSSR count). The van der Waals surface area contributed by atoms with Gasteiger partial charge in [-0.2, -0.15) is 13.9 Å². The van der Waals surface area contributed by atoms with E-state index < -0.39 is 29.8 Å². The van der Waals surface area contributed by atoms with Crippen LogP contribution >= 0.6 is 0 Å². The van der Waals surface area contributed by atoms with Gasteiger partial charge in [-0.15, -0.1) is 0 Å². The van der Waals surface area contributed by atoms with E-state index in [9.17, 15) is 27.9 Å². The van der Waals surface area contributed by atoms with E-state index >= 15 is 0 Å². The van der Waals surface area contributed by atoms with Crippen LogP contribution in [0.3, 0.4) is 0 Å². The normalized spacial score (nSPS) is 14.7. The topological polar surface area (TPSA) is 142 Å². The number of benzene rings is 2. The number of ether oxygens (including phenoxy) is 2. The molecule has 4 N–H and O–H groups in total. The highest BCUT2D eigenvalue weighted by atomic mass is 19.3. The monoisotopic (exact) mass is 611 g/mol. The number of hydrogen-bond donors (Lipinski definition) is 3. The van der Waals surface area contributed by atoms with Crippen molar-refractivity contribution in [1.29, 1.82) is 0 Å². The van der Waals surface area contributed by atoms with Crippen molar-refractivity contribution in [2.75, 3.05) is 20.3 Å². The van der Waals surface area contributed by atoms with Gasteiger partial charge in [0.2, 0.25) is 5.91 Å². The molecule has 0 saturated heterocycles. The van der Waals surface area contributed by atoms with Crippen LogP contribution in [-0.4, -0.2) is 51.9 Å². The summed E-state index contributed by atoms with van der Waals surface area (Å²) < 4.78 is 51.9. The third-order valence-electron chi connectivity index (χ3n) is 7.84. The quantitative estimate of drug-likeness (QED) is 0.214. The van der Waals surface area contributed by atoms with Gasteiger partial charge < -0.3 is 25.6 Å². The van der Waals surface area contributed by atoms with E-state index in [2.05, 4.69) is 10.4 Å². The summed E-state index contributed by atoms with van der Waals surface area (Å²) in [6.07, 6.45) is 3.08. The van der Waals surface area contributed by atoms with Gasteiger partial charge in [0, 0.05) is 28.3 Å². The first-order valence-corrected chi connectivity index (χ1v) is 14.1. The fourth-order valence-corrected chi connectivity index (χ4v) is 5.39. The molecule has 2 heterocycles. The van der Waals surface area contributed by atoms with Crippen molar-refractivity contribution >= 4 is 22.7 Å². The maximum Gasteiger partial charge on any atom is 0.333 e. The van der Waals surface area contributed by atoms with Gasteiger partial charge in [0.05, 0.1) is 32.4 Å². The molecule has 0 unspecified atom stereocenters. The molecule has 2 amide bonds. The van der Waals surface area contributed by atoms with Crippen LogP contribution in [0.5, 0.6) is 11.5 Å². The van der Waals surface area contributed by atoms with Gasteiger partial charge in [-0.25, -0.2) is 14.1 Å². The van der Waals surface area contributed by atoms with Crippen LogP contribution in [0.1, 0.15) is 54.4 Å². The second-order valence-electron chi connectivity index (χ2n) is 10.7. The van der Waals surface area contributed by atoms with Gasteiger partial charge in [0.15, 0.2) is 0 Å². The number of rotatable bonds is 12. The molecular weight excluding hydrogens is 579 g/mol. The van der Waals surface area contributed by atoms with E-state index in [0.29, 0.717) is 28.7 Å². The molecule has 0 aliphatic heterocycles. The fraction of sp³-hybridized carbons (Fsp3) is 0.355. The van der Waals surface area contributed by atoms with E-state index in [0.717, 1.165) is 12.6 Å². The summed E-state index contributed by atoms with van der Waals surface area (Å²) in [4.78, 5) is 30.2. The number of hydrogen-bond acceptors (Lipinski definition) is 7. The highest BCUT2D eigenvalue weighted by molar-refractivity contribution is 5.99. The average molecular weight is 612 g/mol. The standard InChI is InChI=1S/C31H32F3N5O5/c1-3-44-28-18(14-25(35)40)13-24(37-27(28)17-7-9-22(32)10-8-17)31(42,21-5-4-6-21)16-36-29(41)19-11-20-15-39(30(33)34)38-26(20)23(12-19)43-2/h7-13,15,21,30,42H,3-6,14,16H2,1-2H3,(H2,35,40)(H,36,41)/t31-/m1/s1. The Morgan fingerprint density at radius 1 is 1.20 bits per heavy atom. The summed E-state index contributed by atoms with van der Waals surface area (Å²) in [6, 6.07) is 9.91. The summed E-state index contributed by atoms with van der Waals surface area (Å²) >= 11 is 0. The molecule has 1 saturated carbocycles. The summed E-state index contributed by atoms with van der Waals surface area (Å²) in [5.74, 6) is -1.54. The molecule has 2 aromatic carbocycles. The SMILES string of the molecule is CCOc1c(CC(N)=O)cc([C@@](O)(CNC(=O)c2cc(OC)c3nn(C(F)F)cc3c2)C2CCC2)nc1-c1ccc(F)cc1. The first-order chi connectivity index (χ1) is 21.0. The Kier molecular flexibility index (Phi) is 8.77. The molecule has 10 nitrogen and oxygen atoms in total. The number of nitrogens with two attached hydrogens (primary N) is 1. The lowest BCUT2D eigenvalue weighted by atomic mass is 9.70. The lowest BCUT2D eigenvalue weighted by Crippen LogP contribution is -2.49. The molecular formula is C31H32F3N5O5. The van der Waals surface area contributed by atoms with E-state index in [4.69, 9.17) is 20.2 Å². The van der Waals surface area contributed by atoms with Crippen LogP contribution < -0.4 is 20.5 Å². The molecule has 0 bridgehead atoms. The molecule has 1 aliphatic carbocycles. The third-order valence-corrected chi connectivity index (χ3v) is 7.84. The highest BCUT2D eigenvalue weighted by Gasteiger charge is 2.44. The predicted octanol–water partition coefficient (Wildman–Crippen LogP) is 4.49. The Bertz CT molecular complexity index is 1690. The number of halogens is 3. The maximum absolute atomic E-state index is 13.8. The smallest absolute Gasteiger partial charge is 0.333 e. The molecule has 0 radical (unpaired) electrons.